The summed E-state index contributed by atoms with van der Waals surface area (Å²) < 4.78 is 6.42. The van der Waals surface area contributed by atoms with Crippen LogP contribution in [0.15, 0.2) is 10.9 Å². The zero-order valence-electron chi connectivity index (χ0n) is 14.2. The normalized spacial score (nSPS) is 14.0. The van der Waals surface area contributed by atoms with Crippen molar-refractivity contribution in [2.45, 2.75) is 39.8 Å². The summed E-state index contributed by atoms with van der Waals surface area (Å²) in [6.45, 7) is 6.90. The Morgan fingerprint density at radius 3 is 2.96 bits per heavy atom. The SMILES string of the molecule is COCCn1nc2c(cc1=O)CN(C(=O)NCCC(C)C)CC2. The van der Waals surface area contributed by atoms with Crippen LogP contribution in [0.1, 0.15) is 31.5 Å². The molecule has 0 saturated carbocycles. The minimum absolute atomic E-state index is 0.0696. The minimum atomic E-state index is -0.150. The average molecular weight is 322 g/mol. The summed E-state index contributed by atoms with van der Waals surface area (Å²) in [7, 11) is 1.60. The summed E-state index contributed by atoms with van der Waals surface area (Å²) in [6.07, 6.45) is 1.63. The van der Waals surface area contributed by atoms with Crippen LogP contribution in [0.4, 0.5) is 4.79 Å². The first kappa shape index (κ1) is 17.5. The van der Waals surface area contributed by atoms with Gasteiger partial charge in [-0.1, -0.05) is 13.8 Å². The molecule has 128 valence electrons. The predicted molar refractivity (Wildman–Crippen MR) is 87.3 cm³/mol. The molecule has 1 aliphatic heterocycles. The highest BCUT2D eigenvalue weighted by molar-refractivity contribution is 5.74. The highest BCUT2D eigenvalue weighted by Crippen LogP contribution is 2.15. The Balaban J connectivity index is 1.99. The Morgan fingerprint density at radius 2 is 2.26 bits per heavy atom. The summed E-state index contributed by atoms with van der Waals surface area (Å²) in [5.74, 6) is 0.562. The molecule has 2 rings (SSSR count). The lowest BCUT2D eigenvalue weighted by Crippen LogP contribution is -2.44. The first-order chi connectivity index (χ1) is 11.0. The fourth-order valence-corrected chi connectivity index (χ4v) is 2.53. The summed E-state index contributed by atoms with van der Waals surface area (Å²) in [4.78, 5) is 26.0. The molecule has 1 aromatic heterocycles. The van der Waals surface area contributed by atoms with Crippen LogP contribution in [0.5, 0.6) is 0 Å². The molecule has 0 aliphatic carbocycles. The van der Waals surface area contributed by atoms with Crippen LogP contribution in [0.3, 0.4) is 0 Å². The van der Waals surface area contributed by atoms with Crippen molar-refractivity contribution in [3.63, 3.8) is 0 Å². The van der Waals surface area contributed by atoms with E-state index in [1.165, 1.54) is 4.68 Å². The van der Waals surface area contributed by atoms with Crippen LogP contribution in [0.25, 0.3) is 0 Å². The second-order valence-corrected chi connectivity index (χ2v) is 6.26. The number of urea groups is 1. The first-order valence-electron chi connectivity index (χ1n) is 8.13. The number of carbonyl (C=O) groups is 1. The molecule has 0 bridgehead atoms. The number of rotatable bonds is 6. The molecular weight excluding hydrogens is 296 g/mol. The number of hydrogen-bond donors (Lipinski definition) is 1. The third kappa shape index (κ3) is 4.79. The van der Waals surface area contributed by atoms with E-state index >= 15 is 0 Å². The monoisotopic (exact) mass is 322 g/mol. The van der Waals surface area contributed by atoms with Gasteiger partial charge in [-0.3, -0.25) is 4.79 Å². The van der Waals surface area contributed by atoms with Crippen LogP contribution in [0, 0.1) is 5.92 Å². The number of aromatic nitrogens is 2. The van der Waals surface area contributed by atoms with E-state index in [0.717, 1.165) is 17.7 Å². The maximum Gasteiger partial charge on any atom is 0.317 e. The molecule has 1 aliphatic rings. The van der Waals surface area contributed by atoms with E-state index in [9.17, 15) is 9.59 Å². The number of fused-ring (bicyclic) bond motifs is 1. The molecule has 0 radical (unpaired) electrons. The van der Waals surface area contributed by atoms with Crippen LogP contribution in [-0.4, -0.2) is 47.5 Å². The Morgan fingerprint density at radius 1 is 1.48 bits per heavy atom. The van der Waals surface area contributed by atoms with Gasteiger partial charge >= 0.3 is 6.03 Å². The molecule has 0 aromatic carbocycles. The van der Waals surface area contributed by atoms with E-state index in [-0.39, 0.29) is 11.6 Å². The van der Waals surface area contributed by atoms with E-state index in [1.54, 1.807) is 18.1 Å². The lowest BCUT2D eigenvalue weighted by molar-refractivity contribution is 0.179. The molecule has 23 heavy (non-hydrogen) atoms. The number of hydrogen-bond acceptors (Lipinski definition) is 4. The molecular formula is C16H26N4O3. The van der Waals surface area contributed by atoms with Crippen molar-refractivity contribution in [3.05, 3.63) is 27.7 Å². The van der Waals surface area contributed by atoms with Crippen molar-refractivity contribution in [2.24, 2.45) is 5.92 Å². The second-order valence-electron chi connectivity index (χ2n) is 6.26. The van der Waals surface area contributed by atoms with Gasteiger partial charge in [0.25, 0.3) is 5.56 Å². The Kier molecular flexibility index (Phi) is 6.15. The zero-order valence-corrected chi connectivity index (χ0v) is 14.2. The van der Waals surface area contributed by atoms with Crippen molar-refractivity contribution < 1.29 is 9.53 Å². The molecule has 0 fully saturated rings. The van der Waals surface area contributed by atoms with Crippen molar-refractivity contribution in [1.82, 2.24) is 20.0 Å². The van der Waals surface area contributed by atoms with Gasteiger partial charge in [0.2, 0.25) is 0 Å². The number of methoxy groups -OCH3 is 1. The van der Waals surface area contributed by atoms with E-state index in [4.69, 9.17) is 4.74 Å². The number of nitrogens with one attached hydrogen (secondary N) is 1. The van der Waals surface area contributed by atoms with E-state index in [1.807, 2.05) is 0 Å². The fraction of sp³-hybridized carbons (Fsp3) is 0.688. The Labute approximate surface area is 136 Å². The molecule has 1 N–H and O–H groups in total. The standard InChI is InChI=1S/C16H26N4O3/c1-12(2)4-6-17-16(22)19-7-5-14-13(11-19)10-15(21)20(18-14)8-9-23-3/h10,12H,4-9,11H2,1-3H3,(H,17,22). The number of nitrogens with zero attached hydrogens (tertiary/aromatic N) is 3. The molecule has 1 aromatic rings. The van der Waals surface area contributed by atoms with Gasteiger partial charge in [0.05, 0.1) is 18.8 Å². The quantitative estimate of drug-likeness (QED) is 0.848. The molecule has 2 heterocycles. The molecule has 0 unspecified atom stereocenters. The van der Waals surface area contributed by atoms with Gasteiger partial charge in [0, 0.05) is 44.8 Å². The Hall–Kier alpha value is -1.89. The molecule has 0 atom stereocenters. The Bertz CT molecular complexity index is 597. The van der Waals surface area contributed by atoms with Crippen molar-refractivity contribution >= 4 is 6.03 Å². The van der Waals surface area contributed by atoms with Gasteiger partial charge in [-0.05, 0) is 12.3 Å². The van der Waals surface area contributed by atoms with Crippen LogP contribution in [0.2, 0.25) is 0 Å². The molecule has 0 saturated heterocycles. The number of ether oxygens (including phenoxy) is 1. The van der Waals surface area contributed by atoms with E-state index < -0.39 is 0 Å². The van der Waals surface area contributed by atoms with Gasteiger partial charge in [-0.15, -0.1) is 0 Å². The highest BCUT2D eigenvalue weighted by Gasteiger charge is 2.22. The van der Waals surface area contributed by atoms with Gasteiger partial charge in [0.1, 0.15) is 0 Å². The van der Waals surface area contributed by atoms with Gasteiger partial charge in [-0.2, -0.15) is 5.10 Å². The molecule has 7 nitrogen and oxygen atoms in total. The summed E-state index contributed by atoms with van der Waals surface area (Å²) in [6, 6.07) is 1.52. The van der Waals surface area contributed by atoms with E-state index in [0.29, 0.717) is 45.1 Å². The summed E-state index contributed by atoms with van der Waals surface area (Å²) >= 11 is 0. The number of carbonyl (C=O) groups excluding carboxylic acids is 1. The van der Waals surface area contributed by atoms with Gasteiger partial charge in [0.15, 0.2) is 0 Å². The first-order valence-corrected chi connectivity index (χ1v) is 8.13. The maximum atomic E-state index is 12.2. The predicted octanol–water partition coefficient (Wildman–Crippen LogP) is 1.00. The lowest BCUT2D eigenvalue weighted by atomic mass is 10.1. The van der Waals surface area contributed by atoms with Crippen molar-refractivity contribution in [3.8, 4) is 0 Å². The number of amides is 2. The van der Waals surface area contributed by atoms with Crippen LogP contribution >= 0.6 is 0 Å². The zero-order chi connectivity index (χ0) is 16.8. The third-order valence-corrected chi connectivity index (χ3v) is 3.94. The maximum absolute atomic E-state index is 12.2. The van der Waals surface area contributed by atoms with Crippen molar-refractivity contribution in [2.75, 3.05) is 26.8 Å². The van der Waals surface area contributed by atoms with Crippen molar-refractivity contribution in [1.29, 1.82) is 0 Å². The largest absolute Gasteiger partial charge is 0.383 e. The van der Waals surface area contributed by atoms with Crippen LogP contribution < -0.4 is 10.9 Å². The lowest BCUT2D eigenvalue weighted by Gasteiger charge is -2.28. The molecule has 2 amide bonds. The fourth-order valence-electron chi connectivity index (χ4n) is 2.53. The third-order valence-electron chi connectivity index (χ3n) is 3.94. The topological polar surface area (TPSA) is 76.5 Å². The van der Waals surface area contributed by atoms with Crippen LogP contribution in [-0.2, 0) is 24.2 Å². The molecule has 0 spiro atoms. The summed E-state index contributed by atoms with van der Waals surface area (Å²) in [5.41, 5.74) is 1.59. The minimum Gasteiger partial charge on any atom is -0.383 e. The van der Waals surface area contributed by atoms with Gasteiger partial charge < -0.3 is 15.0 Å². The highest BCUT2D eigenvalue weighted by atomic mass is 16.5. The molecule has 7 heteroatoms. The van der Waals surface area contributed by atoms with E-state index in [2.05, 4.69) is 24.3 Å². The second kappa shape index (κ2) is 8.10. The smallest absolute Gasteiger partial charge is 0.317 e. The summed E-state index contributed by atoms with van der Waals surface area (Å²) in [5, 5.41) is 7.33. The van der Waals surface area contributed by atoms with Gasteiger partial charge in [-0.25, -0.2) is 9.48 Å². The average Bonchev–Trinajstić information content (AvgIpc) is 2.51.